The topological polar surface area (TPSA) is 122 Å². The standard InChI is InChI=1S/C18H27N3O6S2/c1-16(2,3)27-14(25)21-17(4,5)26-10-18(21,19)9-11-13(24)20(15(28)29-11)8-6-7-12(22)23/h9H,6-8,10,19H2,1-5H3,(H,22,23)/b11-9-. The third kappa shape index (κ3) is 5.47. The Morgan fingerprint density at radius 2 is 2.03 bits per heavy atom. The molecule has 2 aliphatic heterocycles. The maximum absolute atomic E-state index is 12.8. The number of thioether (sulfide) groups is 1. The van der Waals surface area contributed by atoms with Crippen LogP contribution in [0, 0.1) is 0 Å². The Kier molecular flexibility index (Phi) is 6.68. The molecule has 0 aromatic heterocycles. The number of carboxylic acid groups (broad SMARTS) is 1. The van der Waals surface area contributed by atoms with Crippen molar-refractivity contribution in [3.63, 3.8) is 0 Å². The Labute approximate surface area is 179 Å². The number of carboxylic acids is 1. The van der Waals surface area contributed by atoms with Gasteiger partial charge in [-0.2, -0.15) is 0 Å². The van der Waals surface area contributed by atoms with Crippen LogP contribution in [-0.4, -0.2) is 67.3 Å². The maximum atomic E-state index is 12.8. The molecule has 2 aliphatic rings. The minimum Gasteiger partial charge on any atom is -0.481 e. The molecule has 11 heteroatoms. The Hall–Kier alpha value is -1.69. The number of hydrogen-bond acceptors (Lipinski definition) is 8. The van der Waals surface area contributed by atoms with Crippen molar-refractivity contribution in [1.82, 2.24) is 9.80 Å². The van der Waals surface area contributed by atoms with E-state index in [9.17, 15) is 14.4 Å². The van der Waals surface area contributed by atoms with Crippen LogP contribution in [0.3, 0.4) is 0 Å². The molecule has 0 aromatic carbocycles. The van der Waals surface area contributed by atoms with Gasteiger partial charge in [0, 0.05) is 13.0 Å². The van der Waals surface area contributed by atoms with E-state index in [1.54, 1.807) is 34.6 Å². The van der Waals surface area contributed by atoms with Crippen molar-refractivity contribution in [2.75, 3.05) is 13.2 Å². The number of nitrogens with zero attached hydrogens (tertiary/aromatic N) is 2. The number of aliphatic carboxylic acids is 1. The number of nitrogens with two attached hydrogens (primary N) is 1. The molecular formula is C18H27N3O6S2. The highest BCUT2D eigenvalue weighted by Gasteiger charge is 2.53. The highest BCUT2D eigenvalue weighted by Crippen LogP contribution is 2.38. The smallest absolute Gasteiger partial charge is 0.414 e. The molecule has 2 amide bonds. The second-order valence-corrected chi connectivity index (χ2v) is 10.0. The van der Waals surface area contributed by atoms with Crippen molar-refractivity contribution in [2.45, 2.75) is 64.4 Å². The number of thiocarbonyl (C=S) groups is 1. The second kappa shape index (κ2) is 8.21. The Morgan fingerprint density at radius 3 is 2.59 bits per heavy atom. The molecule has 0 aliphatic carbocycles. The molecule has 2 saturated heterocycles. The van der Waals surface area contributed by atoms with Gasteiger partial charge in [0.25, 0.3) is 5.91 Å². The van der Waals surface area contributed by atoms with E-state index in [0.717, 1.165) is 11.8 Å². The summed E-state index contributed by atoms with van der Waals surface area (Å²) in [7, 11) is 0. The van der Waals surface area contributed by atoms with E-state index >= 15 is 0 Å². The van der Waals surface area contributed by atoms with Gasteiger partial charge in [-0.15, -0.1) is 0 Å². The van der Waals surface area contributed by atoms with Crippen molar-refractivity contribution in [3.05, 3.63) is 11.0 Å². The summed E-state index contributed by atoms with van der Waals surface area (Å²) in [6.07, 6.45) is 1.03. The lowest BCUT2D eigenvalue weighted by Gasteiger charge is -2.38. The summed E-state index contributed by atoms with van der Waals surface area (Å²) in [4.78, 5) is 39.2. The van der Waals surface area contributed by atoms with Crippen LogP contribution in [0.2, 0.25) is 0 Å². The number of rotatable bonds is 5. The first kappa shape index (κ1) is 23.6. The van der Waals surface area contributed by atoms with E-state index in [1.807, 2.05) is 0 Å². The molecule has 0 bridgehead atoms. The zero-order valence-electron chi connectivity index (χ0n) is 17.2. The largest absolute Gasteiger partial charge is 0.481 e. The Bertz CT molecular complexity index is 761. The van der Waals surface area contributed by atoms with E-state index in [-0.39, 0.29) is 36.8 Å². The normalized spacial score (nSPS) is 25.8. The lowest BCUT2D eigenvalue weighted by Crippen LogP contribution is -2.61. The summed E-state index contributed by atoms with van der Waals surface area (Å²) in [6, 6.07) is 0. The number of carbonyl (C=O) groups excluding carboxylic acids is 2. The van der Waals surface area contributed by atoms with Gasteiger partial charge in [-0.1, -0.05) is 24.0 Å². The van der Waals surface area contributed by atoms with Crippen LogP contribution in [-0.2, 0) is 19.1 Å². The average molecular weight is 446 g/mol. The molecule has 9 nitrogen and oxygen atoms in total. The molecule has 0 aromatic rings. The molecule has 2 rings (SSSR count). The van der Waals surface area contributed by atoms with Gasteiger partial charge in [0.2, 0.25) is 0 Å². The molecule has 29 heavy (non-hydrogen) atoms. The molecule has 162 valence electrons. The number of hydrogen-bond donors (Lipinski definition) is 2. The van der Waals surface area contributed by atoms with Crippen LogP contribution >= 0.6 is 24.0 Å². The van der Waals surface area contributed by atoms with Crippen molar-refractivity contribution in [1.29, 1.82) is 0 Å². The molecule has 3 N–H and O–H groups in total. The second-order valence-electron chi connectivity index (χ2n) is 8.37. The van der Waals surface area contributed by atoms with Crippen LogP contribution in [0.5, 0.6) is 0 Å². The predicted molar refractivity (Wildman–Crippen MR) is 112 cm³/mol. The van der Waals surface area contributed by atoms with E-state index < -0.39 is 29.1 Å². The van der Waals surface area contributed by atoms with Gasteiger partial charge >= 0.3 is 12.1 Å². The van der Waals surface area contributed by atoms with E-state index in [0.29, 0.717) is 4.32 Å². The average Bonchev–Trinajstić information content (AvgIpc) is 2.92. The fourth-order valence-corrected chi connectivity index (χ4v) is 4.41. The van der Waals surface area contributed by atoms with Gasteiger partial charge in [0.05, 0.1) is 11.5 Å². The first-order valence-corrected chi connectivity index (χ1v) is 10.3. The first-order chi connectivity index (χ1) is 13.2. The molecule has 1 atom stereocenters. The van der Waals surface area contributed by atoms with Crippen LogP contribution < -0.4 is 5.73 Å². The molecule has 1 unspecified atom stereocenters. The third-order valence-corrected chi connectivity index (χ3v) is 5.59. The SMILES string of the molecule is CC(C)(C)OC(=O)N1C(N)(/C=C2\SC(=S)N(CCCC(=O)O)C2=O)COC1(C)C. The predicted octanol–water partition coefficient (Wildman–Crippen LogP) is 2.25. The van der Waals surface area contributed by atoms with E-state index in [2.05, 4.69) is 0 Å². The number of ether oxygens (including phenoxy) is 2. The summed E-state index contributed by atoms with van der Waals surface area (Å²) in [5, 5.41) is 8.77. The molecule has 0 saturated carbocycles. The van der Waals surface area contributed by atoms with Crippen LogP contribution in [0.4, 0.5) is 4.79 Å². The van der Waals surface area contributed by atoms with E-state index in [4.69, 9.17) is 32.5 Å². The van der Waals surface area contributed by atoms with Crippen LogP contribution in [0.1, 0.15) is 47.5 Å². The van der Waals surface area contributed by atoms with Gasteiger partial charge in [0.1, 0.15) is 21.3 Å². The first-order valence-electron chi connectivity index (χ1n) is 9.11. The maximum Gasteiger partial charge on any atom is 0.414 e. The Morgan fingerprint density at radius 1 is 1.41 bits per heavy atom. The van der Waals surface area contributed by atoms with Gasteiger partial charge in [-0.05, 0) is 47.1 Å². The fraction of sp³-hybridized carbons (Fsp3) is 0.667. The molecule has 2 heterocycles. The zero-order chi connectivity index (χ0) is 22.2. The van der Waals surface area contributed by atoms with Crippen molar-refractivity contribution in [3.8, 4) is 0 Å². The minimum absolute atomic E-state index is 0.0254. The fourth-order valence-electron chi connectivity index (χ4n) is 3.03. The van der Waals surface area contributed by atoms with Crippen molar-refractivity contribution >= 4 is 46.3 Å². The number of amides is 2. The van der Waals surface area contributed by atoms with E-state index in [1.165, 1.54) is 15.9 Å². The summed E-state index contributed by atoms with van der Waals surface area (Å²) >= 11 is 6.31. The molecule has 0 spiro atoms. The summed E-state index contributed by atoms with van der Waals surface area (Å²) in [6.45, 7) is 8.79. The highest BCUT2D eigenvalue weighted by atomic mass is 32.2. The highest BCUT2D eigenvalue weighted by molar-refractivity contribution is 8.26. The van der Waals surface area contributed by atoms with Gasteiger partial charge in [0.15, 0.2) is 0 Å². The van der Waals surface area contributed by atoms with Gasteiger partial charge < -0.3 is 20.3 Å². The van der Waals surface area contributed by atoms with Crippen molar-refractivity contribution in [2.24, 2.45) is 5.73 Å². The lowest BCUT2D eigenvalue weighted by atomic mass is 10.1. The third-order valence-electron chi connectivity index (χ3n) is 4.21. The quantitative estimate of drug-likeness (QED) is 0.484. The monoisotopic (exact) mass is 445 g/mol. The Balaban J connectivity index is 2.26. The van der Waals surface area contributed by atoms with Crippen LogP contribution in [0.25, 0.3) is 0 Å². The number of carbonyl (C=O) groups is 3. The summed E-state index contributed by atoms with van der Waals surface area (Å²) < 4.78 is 11.5. The van der Waals surface area contributed by atoms with Crippen LogP contribution in [0.15, 0.2) is 11.0 Å². The zero-order valence-corrected chi connectivity index (χ0v) is 18.8. The lowest BCUT2D eigenvalue weighted by molar-refractivity contribution is -0.137. The summed E-state index contributed by atoms with van der Waals surface area (Å²) in [5.74, 6) is -1.31. The van der Waals surface area contributed by atoms with Gasteiger partial charge in [-0.3, -0.25) is 19.4 Å². The minimum atomic E-state index is -1.41. The molecule has 2 fully saturated rings. The van der Waals surface area contributed by atoms with Crippen molar-refractivity contribution < 1.29 is 29.0 Å². The molecular weight excluding hydrogens is 418 g/mol. The molecule has 0 radical (unpaired) electrons. The van der Waals surface area contributed by atoms with Gasteiger partial charge in [-0.25, -0.2) is 4.79 Å². The summed E-state index contributed by atoms with van der Waals surface area (Å²) in [5.41, 5.74) is 3.31.